The van der Waals surface area contributed by atoms with Gasteiger partial charge in [0.05, 0.1) is 0 Å². The molecular formula is C15H23NO. The number of carbonyl (C=O) groups excluding carboxylic acids is 1. The number of benzene rings is 1. The molecule has 0 atom stereocenters. The van der Waals surface area contributed by atoms with Gasteiger partial charge in [-0.05, 0) is 25.3 Å². The molecule has 0 aromatic heterocycles. The highest BCUT2D eigenvalue weighted by atomic mass is 16.2. The summed E-state index contributed by atoms with van der Waals surface area (Å²) in [7, 11) is 1.90. The molecule has 0 unspecified atom stereocenters. The van der Waals surface area contributed by atoms with Crippen molar-refractivity contribution >= 4 is 5.91 Å². The minimum absolute atomic E-state index is 0.263. The summed E-state index contributed by atoms with van der Waals surface area (Å²) >= 11 is 0. The van der Waals surface area contributed by atoms with Gasteiger partial charge in [0, 0.05) is 20.0 Å². The number of aryl methyl sites for hydroxylation is 1. The minimum Gasteiger partial charge on any atom is -0.345 e. The van der Waals surface area contributed by atoms with Crippen molar-refractivity contribution in [3.05, 3.63) is 35.4 Å². The Hall–Kier alpha value is -1.31. The number of likely N-dealkylation sites (N-methyl/N-ethyl adjacent to an activating group) is 1. The van der Waals surface area contributed by atoms with E-state index in [9.17, 15) is 4.79 Å². The number of hydrogen-bond acceptors (Lipinski definition) is 1. The normalized spacial score (nSPS) is 10.3. The molecule has 0 heterocycles. The van der Waals surface area contributed by atoms with Crippen LogP contribution >= 0.6 is 0 Å². The topological polar surface area (TPSA) is 20.3 Å². The summed E-state index contributed by atoms with van der Waals surface area (Å²) in [4.78, 5) is 13.6. The van der Waals surface area contributed by atoms with Crippen LogP contribution in [0.4, 0.5) is 0 Å². The van der Waals surface area contributed by atoms with E-state index in [-0.39, 0.29) is 5.91 Å². The smallest absolute Gasteiger partial charge is 0.222 e. The summed E-state index contributed by atoms with van der Waals surface area (Å²) in [6, 6.07) is 8.48. The molecule has 0 aliphatic carbocycles. The summed E-state index contributed by atoms with van der Waals surface area (Å²) in [6.45, 7) is 5.02. The van der Waals surface area contributed by atoms with Crippen molar-refractivity contribution in [3.63, 3.8) is 0 Å². The van der Waals surface area contributed by atoms with Crippen LogP contribution in [0.25, 0.3) is 0 Å². The predicted octanol–water partition coefficient (Wildman–Crippen LogP) is 3.19. The van der Waals surface area contributed by atoms with Gasteiger partial charge in [-0.1, -0.05) is 43.2 Å². The van der Waals surface area contributed by atoms with Crippen LogP contribution in [0, 0.1) is 6.92 Å². The van der Waals surface area contributed by atoms with Gasteiger partial charge in [-0.25, -0.2) is 0 Å². The van der Waals surface area contributed by atoms with Gasteiger partial charge in [-0.15, -0.1) is 0 Å². The molecule has 1 aromatic rings. The fourth-order valence-corrected chi connectivity index (χ4v) is 1.81. The Kier molecular flexibility index (Phi) is 5.75. The molecule has 94 valence electrons. The maximum Gasteiger partial charge on any atom is 0.222 e. The van der Waals surface area contributed by atoms with Crippen LogP contribution < -0.4 is 0 Å². The molecule has 0 fully saturated rings. The highest BCUT2D eigenvalue weighted by molar-refractivity contribution is 5.75. The van der Waals surface area contributed by atoms with E-state index >= 15 is 0 Å². The summed E-state index contributed by atoms with van der Waals surface area (Å²) in [6.07, 6.45) is 3.70. The average molecular weight is 233 g/mol. The first-order valence-electron chi connectivity index (χ1n) is 6.43. The van der Waals surface area contributed by atoms with Crippen LogP contribution in [0.1, 0.15) is 37.3 Å². The highest BCUT2D eigenvalue weighted by Crippen LogP contribution is 2.06. The minimum atomic E-state index is 0.263. The van der Waals surface area contributed by atoms with E-state index in [2.05, 4.69) is 38.1 Å². The van der Waals surface area contributed by atoms with E-state index in [0.717, 1.165) is 25.8 Å². The lowest BCUT2D eigenvalue weighted by Gasteiger charge is -2.17. The monoisotopic (exact) mass is 233 g/mol. The Balaban J connectivity index is 2.37. The lowest BCUT2D eigenvalue weighted by atomic mass is 10.1. The van der Waals surface area contributed by atoms with Crippen LogP contribution in [0.5, 0.6) is 0 Å². The lowest BCUT2D eigenvalue weighted by molar-refractivity contribution is -0.129. The van der Waals surface area contributed by atoms with Crippen molar-refractivity contribution in [1.82, 2.24) is 4.90 Å². The van der Waals surface area contributed by atoms with Crippen molar-refractivity contribution in [2.24, 2.45) is 0 Å². The van der Waals surface area contributed by atoms with E-state index in [1.807, 2.05) is 11.9 Å². The van der Waals surface area contributed by atoms with Crippen LogP contribution in [0.2, 0.25) is 0 Å². The van der Waals surface area contributed by atoms with Crippen molar-refractivity contribution in [1.29, 1.82) is 0 Å². The first-order valence-corrected chi connectivity index (χ1v) is 6.43. The van der Waals surface area contributed by atoms with Crippen molar-refractivity contribution in [3.8, 4) is 0 Å². The standard InChI is InChI=1S/C15H23NO/c1-4-5-9-15(17)16(3)11-10-14-8-6-7-13(2)12-14/h6-8,12H,4-5,9-11H2,1-3H3. The van der Waals surface area contributed by atoms with Gasteiger partial charge in [0.15, 0.2) is 0 Å². The molecule has 1 rings (SSSR count). The highest BCUT2D eigenvalue weighted by Gasteiger charge is 2.07. The van der Waals surface area contributed by atoms with Crippen molar-refractivity contribution in [2.75, 3.05) is 13.6 Å². The molecule has 1 aromatic carbocycles. The summed E-state index contributed by atoms with van der Waals surface area (Å²) in [5.41, 5.74) is 2.59. The zero-order valence-electron chi connectivity index (χ0n) is 11.2. The number of carbonyl (C=O) groups is 1. The van der Waals surface area contributed by atoms with Crippen molar-refractivity contribution < 1.29 is 4.79 Å². The molecule has 1 amide bonds. The first-order chi connectivity index (χ1) is 8.13. The summed E-state index contributed by atoms with van der Waals surface area (Å²) in [5, 5.41) is 0. The molecule has 2 nitrogen and oxygen atoms in total. The summed E-state index contributed by atoms with van der Waals surface area (Å²) < 4.78 is 0. The van der Waals surface area contributed by atoms with Crippen LogP contribution in [0.15, 0.2) is 24.3 Å². The van der Waals surface area contributed by atoms with Gasteiger partial charge in [-0.2, -0.15) is 0 Å². The van der Waals surface area contributed by atoms with E-state index in [1.54, 1.807) is 0 Å². The Morgan fingerprint density at radius 1 is 1.35 bits per heavy atom. The summed E-state index contributed by atoms with van der Waals surface area (Å²) in [5.74, 6) is 0.263. The largest absolute Gasteiger partial charge is 0.345 e. The van der Waals surface area contributed by atoms with E-state index in [0.29, 0.717) is 6.42 Å². The third-order valence-corrected chi connectivity index (χ3v) is 2.99. The van der Waals surface area contributed by atoms with Gasteiger partial charge in [0.2, 0.25) is 5.91 Å². The molecule has 2 heteroatoms. The fraction of sp³-hybridized carbons (Fsp3) is 0.533. The number of hydrogen-bond donors (Lipinski definition) is 0. The predicted molar refractivity (Wildman–Crippen MR) is 72.0 cm³/mol. The maximum atomic E-state index is 11.7. The Morgan fingerprint density at radius 2 is 2.12 bits per heavy atom. The van der Waals surface area contributed by atoms with E-state index in [1.165, 1.54) is 11.1 Å². The molecule has 0 bridgehead atoms. The van der Waals surface area contributed by atoms with Crippen molar-refractivity contribution in [2.45, 2.75) is 39.5 Å². The lowest BCUT2D eigenvalue weighted by Crippen LogP contribution is -2.28. The second-order valence-electron chi connectivity index (χ2n) is 4.66. The average Bonchev–Trinajstić information content (AvgIpc) is 2.33. The molecule has 0 spiro atoms. The Morgan fingerprint density at radius 3 is 2.76 bits per heavy atom. The van der Waals surface area contributed by atoms with Crippen LogP contribution in [0.3, 0.4) is 0 Å². The van der Waals surface area contributed by atoms with E-state index in [4.69, 9.17) is 0 Å². The van der Waals surface area contributed by atoms with Gasteiger partial charge < -0.3 is 4.90 Å². The molecule has 0 aliphatic rings. The zero-order valence-corrected chi connectivity index (χ0v) is 11.2. The molecule has 0 saturated heterocycles. The first kappa shape index (κ1) is 13.8. The van der Waals surface area contributed by atoms with Crippen LogP contribution in [-0.4, -0.2) is 24.4 Å². The molecule has 0 saturated carbocycles. The number of nitrogens with zero attached hydrogens (tertiary/aromatic N) is 1. The van der Waals surface area contributed by atoms with Gasteiger partial charge >= 0.3 is 0 Å². The molecular weight excluding hydrogens is 210 g/mol. The second kappa shape index (κ2) is 7.10. The Labute approximate surface area is 105 Å². The third-order valence-electron chi connectivity index (χ3n) is 2.99. The van der Waals surface area contributed by atoms with Gasteiger partial charge in [0.25, 0.3) is 0 Å². The van der Waals surface area contributed by atoms with Crippen LogP contribution in [-0.2, 0) is 11.2 Å². The number of unbranched alkanes of at least 4 members (excludes halogenated alkanes) is 1. The molecule has 0 N–H and O–H groups in total. The third kappa shape index (κ3) is 5.03. The second-order valence-corrected chi connectivity index (χ2v) is 4.66. The Bertz CT molecular complexity index is 360. The zero-order chi connectivity index (χ0) is 12.7. The molecule has 0 aliphatic heterocycles. The molecule has 17 heavy (non-hydrogen) atoms. The maximum absolute atomic E-state index is 11.7. The van der Waals surface area contributed by atoms with Gasteiger partial charge in [0.1, 0.15) is 0 Å². The van der Waals surface area contributed by atoms with E-state index < -0.39 is 0 Å². The fourth-order valence-electron chi connectivity index (χ4n) is 1.81. The molecule has 0 radical (unpaired) electrons. The van der Waals surface area contributed by atoms with Gasteiger partial charge in [-0.3, -0.25) is 4.79 Å². The SMILES string of the molecule is CCCCC(=O)N(C)CCc1cccc(C)c1. The quantitative estimate of drug-likeness (QED) is 0.739. The number of rotatable bonds is 6. The number of amides is 1.